The third kappa shape index (κ3) is 4.40. The van der Waals surface area contributed by atoms with Crippen molar-refractivity contribution < 1.29 is 23.8 Å². The van der Waals surface area contributed by atoms with Gasteiger partial charge in [-0.15, -0.1) is 0 Å². The van der Waals surface area contributed by atoms with Crippen molar-refractivity contribution in [2.75, 3.05) is 26.9 Å². The average molecular weight is 466 g/mol. The quantitative estimate of drug-likeness (QED) is 0.502. The van der Waals surface area contributed by atoms with Crippen LogP contribution in [0.25, 0.3) is 11.0 Å². The molecule has 0 spiro atoms. The Labute approximate surface area is 198 Å². The van der Waals surface area contributed by atoms with Crippen molar-refractivity contribution in [2.24, 2.45) is 5.92 Å². The van der Waals surface area contributed by atoms with E-state index >= 15 is 0 Å². The molecule has 0 unspecified atom stereocenters. The van der Waals surface area contributed by atoms with E-state index in [2.05, 4.69) is 13.8 Å². The number of ether oxygens (including phenoxy) is 2. The highest BCUT2D eigenvalue weighted by Gasteiger charge is 2.42. The molecule has 1 amide bonds. The van der Waals surface area contributed by atoms with E-state index in [1.807, 2.05) is 31.2 Å². The van der Waals surface area contributed by atoms with Gasteiger partial charge in [-0.3, -0.25) is 9.59 Å². The number of carbonyl (C=O) groups excluding carboxylic acids is 1. The molecule has 1 aromatic heterocycles. The maximum absolute atomic E-state index is 13.6. The van der Waals surface area contributed by atoms with Crippen LogP contribution < -0.4 is 14.9 Å². The lowest BCUT2D eigenvalue weighted by Crippen LogP contribution is -2.31. The zero-order valence-electron chi connectivity index (χ0n) is 20.1. The molecule has 0 saturated heterocycles. The number of hydrogen-bond donors (Lipinski definition) is 1. The summed E-state index contributed by atoms with van der Waals surface area (Å²) in [5.74, 6) is 1.36. The number of aryl methyl sites for hydroxylation is 1. The van der Waals surface area contributed by atoms with Crippen molar-refractivity contribution in [3.05, 3.63) is 69.1 Å². The molecule has 2 heterocycles. The molecule has 1 aliphatic heterocycles. The molecular formula is C27H31NO6. The van der Waals surface area contributed by atoms with E-state index in [4.69, 9.17) is 13.9 Å². The number of nitrogens with zero attached hydrogens (tertiary/aromatic N) is 1. The van der Waals surface area contributed by atoms with Crippen molar-refractivity contribution >= 4 is 16.9 Å². The minimum Gasteiger partial charge on any atom is -0.493 e. The molecule has 1 aliphatic rings. The molecule has 34 heavy (non-hydrogen) atoms. The Hall–Kier alpha value is -3.32. The lowest BCUT2D eigenvalue weighted by molar-refractivity contribution is 0.0716. The minimum atomic E-state index is -0.645. The zero-order chi connectivity index (χ0) is 24.4. The molecule has 180 valence electrons. The fraction of sp³-hybridized carbons (Fsp3) is 0.407. The largest absolute Gasteiger partial charge is 0.493 e. The van der Waals surface area contributed by atoms with Crippen LogP contribution >= 0.6 is 0 Å². The van der Waals surface area contributed by atoms with Crippen molar-refractivity contribution in [1.29, 1.82) is 0 Å². The Bertz CT molecular complexity index is 1260. The Morgan fingerprint density at radius 1 is 1.12 bits per heavy atom. The lowest BCUT2D eigenvalue weighted by Gasteiger charge is -2.25. The van der Waals surface area contributed by atoms with Crippen LogP contribution in [0.2, 0.25) is 0 Å². The summed E-state index contributed by atoms with van der Waals surface area (Å²) in [4.78, 5) is 28.5. The molecule has 0 saturated carbocycles. The Kier molecular flexibility index (Phi) is 6.93. The topological polar surface area (TPSA) is 89.2 Å². The van der Waals surface area contributed by atoms with Gasteiger partial charge in [0.05, 0.1) is 30.7 Å². The molecule has 0 aliphatic carbocycles. The fourth-order valence-electron chi connectivity index (χ4n) is 4.33. The maximum Gasteiger partial charge on any atom is 0.290 e. The number of hydrogen-bond acceptors (Lipinski definition) is 6. The van der Waals surface area contributed by atoms with Gasteiger partial charge in [-0.2, -0.15) is 0 Å². The highest BCUT2D eigenvalue weighted by Crippen LogP contribution is 2.41. The van der Waals surface area contributed by atoms with Gasteiger partial charge in [0.25, 0.3) is 5.91 Å². The number of benzene rings is 2. The third-order valence-corrected chi connectivity index (χ3v) is 6.13. The fourth-order valence-corrected chi connectivity index (χ4v) is 4.33. The van der Waals surface area contributed by atoms with Gasteiger partial charge in [0, 0.05) is 13.2 Å². The first-order valence-corrected chi connectivity index (χ1v) is 11.7. The molecule has 3 aromatic rings. The van der Waals surface area contributed by atoms with Crippen LogP contribution in [-0.2, 0) is 0 Å². The molecule has 7 nitrogen and oxygen atoms in total. The smallest absolute Gasteiger partial charge is 0.290 e. The Morgan fingerprint density at radius 3 is 2.62 bits per heavy atom. The molecule has 2 aromatic carbocycles. The number of rotatable bonds is 9. The number of fused-ring (bicyclic) bond motifs is 2. The second-order valence-corrected chi connectivity index (χ2v) is 9.09. The van der Waals surface area contributed by atoms with E-state index < -0.39 is 6.04 Å². The van der Waals surface area contributed by atoms with E-state index in [9.17, 15) is 14.7 Å². The van der Waals surface area contributed by atoms with Crippen LogP contribution in [0.3, 0.4) is 0 Å². The highest BCUT2D eigenvalue weighted by atomic mass is 16.5. The first kappa shape index (κ1) is 23.8. The van der Waals surface area contributed by atoms with Crippen LogP contribution in [0.5, 0.6) is 11.5 Å². The van der Waals surface area contributed by atoms with Crippen LogP contribution in [0.15, 0.2) is 45.6 Å². The summed E-state index contributed by atoms with van der Waals surface area (Å²) in [6, 6.07) is 10.2. The van der Waals surface area contributed by atoms with Crippen molar-refractivity contribution in [1.82, 2.24) is 4.90 Å². The summed E-state index contributed by atoms with van der Waals surface area (Å²) in [5.41, 5.74) is 2.13. The summed E-state index contributed by atoms with van der Waals surface area (Å²) in [6.07, 6.45) is 1.30. The molecule has 1 atom stereocenters. The molecule has 7 heteroatoms. The van der Waals surface area contributed by atoms with Crippen LogP contribution in [0, 0.1) is 12.8 Å². The standard InChI is InChI=1S/C27H31NO6/c1-16(2)10-13-33-21-9-7-18(15-22(21)32-4)24-23-25(30)19-14-17(3)6-8-20(19)34-26(23)27(31)28(24)11-5-12-29/h6-9,14-16,24,29H,5,10-13H2,1-4H3/t24-/m0/s1. The molecule has 0 bridgehead atoms. The predicted molar refractivity (Wildman–Crippen MR) is 130 cm³/mol. The molecule has 0 radical (unpaired) electrons. The van der Waals surface area contributed by atoms with Crippen LogP contribution in [0.1, 0.15) is 60.0 Å². The second kappa shape index (κ2) is 9.89. The first-order valence-electron chi connectivity index (χ1n) is 11.7. The van der Waals surface area contributed by atoms with Gasteiger partial charge < -0.3 is 23.9 Å². The zero-order valence-corrected chi connectivity index (χ0v) is 20.1. The molecule has 0 fully saturated rings. The van der Waals surface area contributed by atoms with Gasteiger partial charge in [0.15, 0.2) is 16.9 Å². The van der Waals surface area contributed by atoms with E-state index in [0.29, 0.717) is 47.0 Å². The Balaban J connectivity index is 1.82. The number of aliphatic hydroxyl groups is 1. The van der Waals surface area contributed by atoms with Gasteiger partial charge in [-0.1, -0.05) is 31.5 Å². The molecular weight excluding hydrogens is 434 g/mol. The van der Waals surface area contributed by atoms with E-state index in [0.717, 1.165) is 17.5 Å². The van der Waals surface area contributed by atoms with Gasteiger partial charge in [-0.25, -0.2) is 0 Å². The number of aliphatic hydroxyl groups excluding tert-OH is 1. The van der Waals surface area contributed by atoms with Crippen molar-refractivity contribution in [3.8, 4) is 11.5 Å². The number of methoxy groups -OCH3 is 1. The first-order chi connectivity index (χ1) is 16.3. The average Bonchev–Trinajstić information content (AvgIpc) is 3.10. The molecule has 1 N–H and O–H groups in total. The number of carbonyl (C=O) groups is 1. The monoisotopic (exact) mass is 465 g/mol. The third-order valence-electron chi connectivity index (χ3n) is 6.13. The summed E-state index contributed by atoms with van der Waals surface area (Å²) in [6.45, 7) is 6.96. The van der Waals surface area contributed by atoms with Crippen molar-refractivity contribution in [3.63, 3.8) is 0 Å². The van der Waals surface area contributed by atoms with E-state index in [1.54, 1.807) is 24.1 Å². The van der Waals surface area contributed by atoms with Gasteiger partial charge in [0.1, 0.15) is 5.58 Å². The van der Waals surface area contributed by atoms with Gasteiger partial charge in [-0.05, 0) is 55.5 Å². The second-order valence-electron chi connectivity index (χ2n) is 9.09. The molecule has 4 rings (SSSR count). The summed E-state index contributed by atoms with van der Waals surface area (Å²) in [7, 11) is 1.57. The summed E-state index contributed by atoms with van der Waals surface area (Å²) < 4.78 is 17.5. The van der Waals surface area contributed by atoms with Crippen LogP contribution in [0.4, 0.5) is 0 Å². The lowest BCUT2D eigenvalue weighted by atomic mass is 9.97. The highest BCUT2D eigenvalue weighted by molar-refractivity contribution is 5.99. The van der Waals surface area contributed by atoms with Gasteiger partial charge >= 0.3 is 0 Å². The van der Waals surface area contributed by atoms with Crippen molar-refractivity contribution in [2.45, 2.75) is 39.7 Å². The van der Waals surface area contributed by atoms with E-state index in [1.165, 1.54) is 0 Å². The predicted octanol–water partition coefficient (Wildman–Crippen LogP) is 4.46. The Morgan fingerprint density at radius 2 is 1.91 bits per heavy atom. The maximum atomic E-state index is 13.6. The number of amides is 1. The van der Waals surface area contributed by atoms with E-state index in [-0.39, 0.29) is 30.2 Å². The SMILES string of the molecule is COc1cc([C@H]2c3c(oc4ccc(C)cc4c3=O)C(=O)N2CCCO)ccc1OCCC(C)C. The summed E-state index contributed by atoms with van der Waals surface area (Å²) >= 11 is 0. The van der Waals surface area contributed by atoms with Gasteiger partial charge in [0.2, 0.25) is 5.76 Å². The normalized spacial score (nSPS) is 15.3. The summed E-state index contributed by atoms with van der Waals surface area (Å²) in [5, 5.41) is 9.85. The van der Waals surface area contributed by atoms with Crippen LogP contribution in [-0.4, -0.2) is 42.8 Å². The minimum absolute atomic E-state index is 0.0560.